The summed E-state index contributed by atoms with van der Waals surface area (Å²) < 4.78 is 2.25. The van der Waals surface area contributed by atoms with Crippen LogP contribution < -0.4 is 0 Å². The molecule has 0 saturated carbocycles. The zero-order chi connectivity index (χ0) is 10.5. The van der Waals surface area contributed by atoms with Crippen LogP contribution in [0.4, 0.5) is 0 Å². The smallest absolute Gasteiger partial charge is 0.0551 e. The molecule has 0 saturated heterocycles. The molecule has 3 heteroatoms. The van der Waals surface area contributed by atoms with Gasteiger partial charge in [-0.15, -0.1) is 6.58 Å². The monoisotopic (exact) mass is 235 g/mol. The van der Waals surface area contributed by atoms with Crippen molar-refractivity contribution in [3.63, 3.8) is 0 Å². The van der Waals surface area contributed by atoms with Crippen molar-refractivity contribution in [1.29, 1.82) is 0 Å². The fourth-order valence-corrected chi connectivity index (χ4v) is 2.93. The number of rotatable bonds is 3. The van der Waals surface area contributed by atoms with Gasteiger partial charge >= 0.3 is 0 Å². The molecule has 1 heterocycles. The molecule has 0 atom stereocenters. The standard InChI is InChI=1S/C12H13NS2/c1-2-8-15-13-7-9-14-12-6-4-3-5-11(12)10-13/h2-7,9H,1,8,10H2. The molecule has 78 valence electrons. The Balaban J connectivity index is 2.12. The first-order valence-electron chi connectivity index (χ1n) is 4.82. The van der Waals surface area contributed by atoms with Crippen molar-refractivity contribution in [3.05, 3.63) is 54.1 Å². The molecular weight excluding hydrogens is 222 g/mol. The van der Waals surface area contributed by atoms with Gasteiger partial charge in [0.25, 0.3) is 0 Å². The Labute approximate surface area is 99.4 Å². The third-order valence-electron chi connectivity index (χ3n) is 2.08. The molecule has 0 amide bonds. The summed E-state index contributed by atoms with van der Waals surface area (Å²) in [6, 6.07) is 8.55. The van der Waals surface area contributed by atoms with E-state index < -0.39 is 0 Å². The lowest BCUT2D eigenvalue weighted by Crippen LogP contribution is -2.07. The number of nitrogens with zero attached hydrogens (tertiary/aromatic N) is 1. The van der Waals surface area contributed by atoms with Crippen LogP contribution >= 0.6 is 23.7 Å². The van der Waals surface area contributed by atoms with Gasteiger partial charge in [-0.3, -0.25) is 0 Å². The summed E-state index contributed by atoms with van der Waals surface area (Å²) in [7, 11) is 0. The van der Waals surface area contributed by atoms with Crippen LogP contribution in [-0.2, 0) is 6.54 Å². The van der Waals surface area contributed by atoms with Gasteiger partial charge in [-0.1, -0.05) is 36.0 Å². The maximum absolute atomic E-state index is 3.74. The molecule has 0 aromatic heterocycles. The number of thioether (sulfide) groups is 1. The van der Waals surface area contributed by atoms with Crippen molar-refractivity contribution >= 4 is 23.7 Å². The molecule has 1 aliphatic heterocycles. The lowest BCUT2D eigenvalue weighted by Gasteiger charge is -2.17. The van der Waals surface area contributed by atoms with E-state index in [9.17, 15) is 0 Å². The second-order valence-electron chi connectivity index (χ2n) is 3.17. The highest BCUT2D eigenvalue weighted by Gasteiger charge is 2.08. The third-order valence-corrected chi connectivity index (χ3v) is 3.96. The van der Waals surface area contributed by atoms with Gasteiger partial charge in [0.2, 0.25) is 0 Å². The molecule has 0 N–H and O–H groups in total. The Hall–Kier alpha value is -0.800. The molecule has 1 aromatic carbocycles. The Bertz CT molecular complexity index is 374. The maximum Gasteiger partial charge on any atom is 0.0551 e. The fraction of sp³-hybridized carbons (Fsp3) is 0.167. The highest BCUT2D eigenvalue weighted by molar-refractivity contribution is 8.02. The van der Waals surface area contributed by atoms with Gasteiger partial charge in [-0.25, -0.2) is 0 Å². The Morgan fingerprint density at radius 1 is 1.47 bits per heavy atom. The van der Waals surface area contributed by atoms with Crippen LogP contribution in [0.25, 0.3) is 0 Å². The minimum atomic E-state index is 0.956. The van der Waals surface area contributed by atoms with Gasteiger partial charge in [0.1, 0.15) is 0 Å². The average molecular weight is 235 g/mol. The van der Waals surface area contributed by atoms with Gasteiger partial charge in [-0.05, 0) is 29.0 Å². The van der Waals surface area contributed by atoms with Crippen molar-refractivity contribution in [1.82, 2.24) is 4.31 Å². The van der Waals surface area contributed by atoms with E-state index in [0.29, 0.717) is 0 Å². The Morgan fingerprint density at radius 3 is 3.20 bits per heavy atom. The number of benzene rings is 1. The molecule has 0 fully saturated rings. The lowest BCUT2D eigenvalue weighted by atomic mass is 10.2. The van der Waals surface area contributed by atoms with Crippen molar-refractivity contribution < 1.29 is 0 Å². The van der Waals surface area contributed by atoms with Crippen molar-refractivity contribution in [2.24, 2.45) is 0 Å². The Kier molecular flexibility index (Phi) is 3.80. The first-order valence-corrected chi connectivity index (χ1v) is 6.64. The third kappa shape index (κ3) is 2.83. The van der Waals surface area contributed by atoms with Crippen LogP contribution in [0.1, 0.15) is 5.56 Å². The zero-order valence-corrected chi connectivity index (χ0v) is 10.1. The summed E-state index contributed by atoms with van der Waals surface area (Å²) in [5.74, 6) is 0.956. The average Bonchev–Trinajstić information content (AvgIpc) is 2.47. The summed E-state index contributed by atoms with van der Waals surface area (Å²) in [5, 5.41) is 2.14. The van der Waals surface area contributed by atoms with E-state index >= 15 is 0 Å². The topological polar surface area (TPSA) is 3.24 Å². The second kappa shape index (κ2) is 5.33. The maximum atomic E-state index is 3.74. The van der Waals surface area contributed by atoms with Crippen LogP contribution in [-0.4, -0.2) is 10.1 Å². The predicted octanol–water partition coefficient (Wildman–Crippen LogP) is 3.90. The molecule has 2 rings (SSSR count). The molecule has 0 bridgehead atoms. The zero-order valence-electron chi connectivity index (χ0n) is 8.43. The SMILES string of the molecule is C=CCSN1C=CSc2ccccc2C1. The van der Waals surface area contributed by atoms with E-state index in [0.717, 1.165) is 12.3 Å². The summed E-state index contributed by atoms with van der Waals surface area (Å²) in [5.41, 5.74) is 1.39. The van der Waals surface area contributed by atoms with Gasteiger partial charge in [0.15, 0.2) is 0 Å². The largest absolute Gasteiger partial charge is 0.318 e. The van der Waals surface area contributed by atoms with Crippen LogP contribution in [0.2, 0.25) is 0 Å². The van der Waals surface area contributed by atoms with Crippen LogP contribution in [0, 0.1) is 0 Å². The van der Waals surface area contributed by atoms with Crippen LogP contribution in [0.15, 0.2) is 53.4 Å². The van der Waals surface area contributed by atoms with E-state index in [1.165, 1.54) is 10.5 Å². The molecule has 0 unspecified atom stereocenters. The number of hydrogen-bond acceptors (Lipinski definition) is 3. The quantitative estimate of drug-likeness (QED) is 0.578. The second-order valence-corrected chi connectivity index (χ2v) is 5.18. The van der Waals surface area contributed by atoms with Gasteiger partial charge in [0, 0.05) is 16.8 Å². The van der Waals surface area contributed by atoms with E-state index in [4.69, 9.17) is 0 Å². The molecule has 15 heavy (non-hydrogen) atoms. The van der Waals surface area contributed by atoms with Crippen molar-refractivity contribution in [2.75, 3.05) is 5.75 Å². The first kappa shape index (κ1) is 10.7. The van der Waals surface area contributed by atoms with Crippen molar-refractivity contribution in [2.45, 2.75) is 11.4 Å². The van der Waals surface area contributed by atoms with Crippen LogP contribution in [0.3, 0.4) is 0 Å². The minimum absolute atomic E-state index is 0.956. The molecule has 0 spiro atoms. The van der Waals surface area contributed by atoms with E-state index in [2.05, 4.69) is 46.8 Å². The molecular formula is C12H13NS2. The first-order chi connectivity index (χ1) is 7.40. The summed E-state index contributed by atoms with van der Waals surface area (Å²) in [4.78, 5) is 1.36. The van der Waals surface area contributed by atoms with E-state index in [-0.39, 0.29) is 0 Å². The normalized spacial score (nSPS) is 14.5. The predicted molar refractivity (Wildman–Crippen MR) is 69.6 cm³/mol. The summed E-state index contributed by atoms with van der Waals surface area (Å²) >= 11 is 3.57. The summed E-state index contributed by atoms with van der Waals surface area (Å²) in [6.07, 6.45) is 4.07. The minimum Gasteiger partial charge on any atom is -0.318 e. The molecule has 1 aromatic rings. The summed E-state index contributed by atoms with van der Waals surface area (Å²) in [6.45, 7) is 4.71. The van der Waals surface area contributed by atoms with Gasteiger partial charge in [-0.2, -0.15) is 0 Å². The highest BCUT2D eigenvalue weighted by Crippen LogP contribution is 2.30. The molecule has 1 aliphatic rings. The van der Waals surface area contributed by atoms with E-state index in [1.807, 2.05) is 6.08 Å². The van der Waals surface area contributed by atoms with E-state index in [1.54, 1.807) is 23.7 Å². The highest BCUT2D eigenvalue weighted by atomic mass is 32.2. The molecule has 0 radical (unpaired) electrons. The molecule has 1 nitrogen and oxygen atoms in total. The van der Waals surface area contributed by atoms with Crippen LogP contribution in [0.5, 0.6) is 0 Å². The van der Waals surface area contributed by atoms with Crippen molar-refractivity contribution in [3.8, 4) is 0 Å². The number of hydrogen-bond donors (Lipinski definition) is 0. The lowest BCUT2D eigenvalue weighted by molar-refractivity contribution is 0.616. The van der Waals surface area contributed by atoms with Gasteiger partial charge in [0.05, 0.1) is 6.54 Å². The van der Waals surface area contributed by atoms with Gasteiger partial charge < -0.3 is 4.31 Å². The number of fused-ring (bicyclic) bond motifs is 1. The Morgan fingerprint density at radius 2 is 2.33 bits per heavy atom. The fourth-order valence-electron chi connectivity index (χ4n) is 1.38. The molecule has 0 aliphatic carbocycles.